The highest BCUT2D eigenvalue weighted by Crippen LogP contribution is 2.13. The molecule has 0 saturated carbocycles. The number of aliphatic hydroxyl groups is 2. The van der Waals surface area contributed by atoms with E-state index in [-0.39, 0.29) is 6.61 Å². The van der Waals surface area contributed by atoms with Crippen molar-refractivity contribution in [3.8, 4) is 0 Å². The summed E-state index contributed by atoms with van der Waals surface area (Å²) in [5.41, 5.74) is -1.07. The number of hydrogen-bond donors (Lipinski definition) is 2. The van der Waals surface area contributed by atoms with Crippen LogP contribution in [-0.2, 0) is 0 Å². The van der Waals surface area contributed by atoms with Gasteiger partial charge in [0.1, 0.15) is 5.60 Å². The fourth-order valence-electron chi connectivity index (χ4n) is 1.03. The van der Waals surface area contributed by atoms with Crippen LogP contribution >= 0.6 is 0 Å². The SMILES string of the molecule is C=C/C=C\C=C\[C@@](O)(CO)CCC. The van der Waals surface area contributed by atoms with Crippen LogP contribution in [0.2, 0.25) is 0 Å². The standard InChI is InChI=1S/C11H18O2/c1-3-5-6-7-9-11(13,10-12)8-4-2/h3,5-7,9,12-13H,1,4,8,10H2,2H3/b6-5-,9-7+/t11-/m1/s1. The van der Waals surface area contributed by atoms with Crippen molar-refractivity contribution in [3.63, 3.8) is 0 Å². The van der Waals surface area contributed by atoms with Crippen molar-refractivity contribution < 1.29 is 10.2 Å². The Morgan fingerprint density at radius 1 is 1.31 bits per heavy atom. The van der Waals surface area contributed by atoms with Crippen molar-refractivity contribution in [1.82, 2.24) is 0 Å². The quantitative estimate of drug-likeness (QED) is 0.615. The lowest BCUT2D eigenvalue weighted by molar-refractivity contribution is 0.0198. The zero-order valence-corrected chi connectivity index (χ0v) is 8.11. The van der Waals surface area contributed by atoms with Gasteiger partial charge in [0, 0.05) is 0 Å². The monoisotopic (exact) mass is 182 g/mol. The summed E-state index contributed by atoms with van der Waals surface area (Å²) >= 11 is 0. The molecule has 0 amide bonds. The summed E-state index contributed by atoms with van der Waals surface area (Å²) in [7, 11) is 0. The van der Waals surface area contributed by atoms with E-state index in [0.29, 0.717) is 6.42 Å². The molecule has 0 spiro atoms. The van der Waals surface area contributed by atoms with Crippen LogP contribution in [-0.4, -0.2) is 22.4 Å². The van der Waals surface area contributed by atoms with E-state index in [0.717, 1.165) is 6.42 Å². The molecule has 13 heavy (non-hydrogen) atoms. The van der Waals surface area contributed by atoms with Gasteiger partial charge >= 0.3 is 0 Å². The van der Waals surface area contributed by atoms with E-state index in [9.17, 15) is 5.11 Å². The largest absolute Gasteiger partial charge is 0.393 e. The zero-order valence-electron chi connectivity index (χ0n) is 8.11. The Morgan fingerprint density at radius 2 is 2.00 bits per heavy atom. The van der Waals surface area contributed by atoms with Gasteiger partial charge in [-0.1, -0.05) is 50.3 Å². The van der Waals surface area contributed by atoms with Gasteiger partial charge < -0.3 is 10.2 Å². The third-order valence-electron chi connectivity index (χ3n) is 1.72. The van der Waals surface area contributed by atoms with Crippen molar-refractivity contribution >= 4 is 0 Å². The van der Waals surface area contributed by atoms with Crippen LogP contribution in [0, 0.1) is 0 Å². The minimum absolute atomic E-state index is 0.237. The van der Waals surface area contributed by atoms with E-state index in [1.54, 1.807) is 30.4 Å². The third kappa shape index (κ3) is 5.39. The van der Waals surface area contributed by atoms with Gasteiger partial charge in [-0.2, -0.15) is 0 Å². The Labute approximate surface area is 79.9 Å². The van der Waals surface area contributed by atoms with Crippen molar-refractivity contribution in [2.24, 2.45) is 0 Å². The molecule has 2 heteroatoms. The first-order valence-corrected chi connectivity index (χ1v) is 4.48. The van der Waals surface area contributed by atoms with E-state index in [4.69, 9.17) is 5.11 Å². The number of rotatable bonds is 6. The van der Waals surface area contributed by atoms with Crippen LogP contribution < -0.4 is 0 Å². The van der Waals surface area contributed by atoms with Crippen LogP contribution in [0.15, 0.2) is 37.0 Å². The number of aliphatic hydroxyl groups excluding tert-OH is 1. The highest BCUT2D eigenvalue weighted by molar-refractivity contribution is 5.13. The summed E-state index contributed by atoms with van der Waals surface area (Å²) in [5.74, 6) is 0. The Hall–Kier alpha value is -0.860. The average Bonchev–Trinajstić information content (AvgIpc) is 2.13. The molecule has 0 aromatic heterocycles. The average molecular weight is 182 g/mol. The second-order valence-electron chi connectivity index (χ2n) is 2.99. The number of hydrogen-bond acceptors (Lipinski definition) is 2. The zero-order chi connectivity index (χ0) is 10.2. The van der Waals surface area contributed by atoms with Gasteiger partial charge in [-0.25, -0.2) is 0 Å². The molecule has 0 aromatic rings. The fraction of sp³-hybridized carbons (Fsp3) is 0.455. The summed E-state index contributed by atoms with van der Waals surface area (Å²) in [6.07, 6.45) is 9.92. The molecule has 0 saturated heterocycles. The molecule has 0 aliphatic heterocycles. The molecule has 0 aliphatic carbocycles. The number of allylic oxidation sites excluding steroid dienone is 4. The lowest BCUT2D eigenvalue weighted by atomic mass is 9.99. The molecule has 0 aliphatic rings. The first-order chi connectivity index (χ1) is 6.18. The molecule has 0 aromatic carbocycles. The molecule has 0 rings (SSSR count). The molecule has 0 bridgehead atoms. The minimum atomic E-state index is -1.07. The Kier molecular flexibility index (Phi) is 6.20. The molecule has 74 valence electrons. The van der Waals surface area contributed by atoms with Crippen LogP contribution in [0.4, 0.5) is 0 Å². The molecule has 2 nitrogen and oxygen atoms in total. The van der Waals surface area contributed by atoms with Gasteiger partial charge in [0.15, 0.2) is 0 Å². The normalized spacial score (nSPS) is 16.5. The van der Waals surface area contributed by atoms with Gasteiger partial charge in [-0.15, -0.1) is 0 Å². The molecule has 0 heterocycles. The van der Waals surface area contributed by atoms with Crippen LogP contribution in [0.3, 0.4) is 0 Å². The molecule has 1 atom stereocenters. The Bertz CT molecular complexity index is 194. The van der Waals surface area contributed by atoms with Gasteiger partial charge in [-0.05, 0) is 6.42 Å². The summed E-state index contributed by atoms with van der Waals surface area (Å²) in [6, 6.07) is 0. The fourth-order valence-corrected chi connectivity index (χ4v) is 1.03. The summed E-state index contributed by atoms with van der Waals surface area (Å²) < 4.78 is 0. The van der Waals surface area contributed by atoms with Gasteiger partial charge in [-0.3, -0.25) is 0 Å². The van der Waals surface area contributed by atoms with E-state index in [2.05, 4.69) is 6.58 Å². The van der Waals surface area contributed by atoms with Crippen LogP contribution in [0.25, 0.3) is 0 Å². The topological polar surface area (TPSA) is 40.5 Å². The Morgan fingerprint density at radius 3 is 2.46 bits per heavy atom. The lowest BCUT2D eigenvalue weighted by Crippen LogP contribution is -2.30. The van der Waals surface area contributed by atoms with E-state index in [1.165, 1.54) is 0 Å². The first-order valence-electron chi connectivity index (χ1n) is 4.48. The molecule has 2 N–H and O–H groups in total. The summed E-state index contributed by atoms with van der Waals surface area (Å²) in [4.78, 5) is 0. The summed E-state index contributed by atoms with van der Waals surface area (Å²) in [5, 5.41) is 18.7. The predicted octanol–water partition coefficient (Wildman–Crippen LogP) is 1.81. The van der Waals surface area contributed by atoms with Crippen molar-refractivity contribution in [3.05, 3.63) is 37.0 Å². The summed E-state index contributed by atoms with van der Waals surface area (Å²) in [6.45, 7) is 5.25. The molecular weight excluding hydrogens is 164 g/mol. The first kappa shape index (κ1) is 12.1. The van der Waals surface area contributed by atoms with Crippen LogP contribution in [0.5, 0.6) is 0 Å². The van der Waals surface area contributed by atoms with Gasteiger partial charge in [0.2, 0.25) is 0 Å². The Balaban J connectivity index is 4.16. The second-order valence-corrected chi connectivity index (χ2v) is 2.99. The van der Waals surface area contributed by atoms with Crippen molar-refractivity contribution in [2.45, 2.75) is 25.4 Å². The van der Waals surface area contributed by atoms with Gasteiger partial charge in [0.05, 0.1) is 6.61 Å². The van der Waals surface area contributed by atoms with Crippen molar-refractivity contribution in [2.75, 3.05) is 6.61 Å². The molecular formula is C11H18O2. The maximum Gasteiger partial charge on any atom is 0.106 e. The third-order valence-corrected chi connectivity index (χ3v) is 1.72. The molecule has 0 fully saturated rings. The smallest absolute Gasteiger partial charge is 0.106 e. The van der Waals surface area contributed by atoms with Gasteiger partial charge in [0.25, 0.3) is 0 Å². The highest BCUT2D eigenvalue weighted by Gasteiger charge is 2.19. The minimum Gasteiger partial charge on any atom is -0.393 e. The maximum absolute atomic E-state index is 9.72. The second kappa shape index (κ2) is 6.63. The maximum atomic E-state index is 9.72. The molecule has 0 radical (unpaired) electrons. The van der Waals surface area contributed by atoms with Crippen molar-refractivity contribution in [1.29, 1.82) is 0 Å². The van der Waals surface area contributed by atoms with E-state index < -0.39 is 5.60 Å². The highest BCUT2D eigenvalue weighted by atomic mass is 16.3. The predicted molar refractivity (Wildman–Crippen MR) is 55.4 cm³/mol. The lowest BCUT2D eigenvalue weighted by Gasteiger charge is -2.20. The molecule has 0 unspecified atom stereocenters. The van der Waals surface area contributed by atoms with E-state index >= 15 is 0 Å². The van der Waals surface area contributed by atoms with Crippen LogP contribution in [0.1, 0.15) is 19.8 Å². The van der Waals surface area contributed by atoms with E-state index in [1.807, 2.05) is 6.92 Å².